The first-order valence-corrected chi connectivity index (χ1v) is 9.34. The fraction of sp³-hybridized carbons (Fsp3) is 0.176. The van der Waals surface area contributed by atoms with Gasteiger partial charge in [-0.25, -0.2) is 24.9 Å². The van der Waals surface area contributed by atoms with Gasteiger partial charge in [0.15, 0.2) is 5.65 Å². The van der Waals surface area contributed by atoms with E-state index in [1.54, 1.807) is 0 Å². The number of fused-ring (bicyclic) bond motifs is 1. The molecule has 8 nitrogen and oxygen atoms in total. The number of halogens is 6. The van der Waals surface area contributed by atoms with Crippen LogP contribution in [0, 0.1) is 0 Å². The minimum Gasteiger partial charge on any atom is -0.480 e. The van der Waals surface area contributed by atoms with Crippen molar-refractivity contribution in [2.75, 3.05) is 12.4 Å². The molecule has 0 fully saturated rings. The van der Waals surface area contributed by atoms with Gasteiger partial charge in [-0.05, 0) is 6.07 Å². The van der Waals surface area contributed by atoms with Crippen molar-refractivity contribution in [3.8, 4) is 17.3 Å². The van der Waals surface area contributed by atoms with Gasteiger partial charge in [-0.3, -0.25) is 0 Å². The number of nitrogens with zero attached hydrogens (tertiary/aromatic N) is 6. The smallest absolute Gasteiger partial charge is 0.427 e. The largest absolute Gasteiger partial charge is 0.480 e. The van der Waals surface area contributed by atoms with Gasteiger partial charge in [0.25, 0.3) is 0 Å². The SMILES string of the molecule is COc1nc(Nc2ccnc3nc(-c4ncsc4C(F)(F)F)cnc23)ncc1C(F)(F)F. The molecule has 0 unspecified atom stereocenters. The second kappa shape index (κ2) is 7.81. The Morgan fingerprint density at radius 2 is 1.72 bits per heavy atom. The molecule has 0 aliphatic heterocycles. The van der Waals surface area contributed by atoms with Crippen molar-refractivity contribution in [2.24, 2.45) is 0 Å². The molecular formula is C17H9F6N7OS. The van der Waals surface area contributed by atoms with Gasteiger partial charge in [0.2, 0.25) is 11.8 Å². The maximum Gasteiger partial charge on any atom is 0.427 e. The molecule has 0 aliphatic carbocycles. The quantitative estimate of drug-likeness (QED) is 0.425. The van der Waals surface area contributed by atoms with Crippen molar-refractivity contribution in [1.82, 2.24) is 29.9 Å². The number of nitrogens with one attached hydrogen (secondary N) is 1. The predicted molar refractivity (Wildman–Crippen MR) is 100 cm³/mol. The number of aromatic nitrogens is 6. The van der Waals surface area contributed by atoms with E-state index < -0.39 is 28.7 Å². The van der Waals surface area contributed by atoms with Crippen molar-refractivity contribution in [1.29, 1.82) is 0 Å². The van der Waals surface area contributed by atoms with E-state index in [1.807, 2.05) is 0 Å². The number of ether oxygens (including phenoxy) is 1. The Morgan fingerprint density at radius 3 is 2.41 bits per heavy atom. The summed E-state index contributed by atoms with van der Waals surface area (Å²) < 4.78 is 83.1. The lowest BCUT2D eigenvalue weighted by Crippen LogP contribution is -2.11. The van der Waals surface area contributed by atoms with E-state index in [1.165, 1.54) is 12.3 Å². The molecule has 32 heavy (non-hydrogen) atoms. The zero-order valence-electron chi connectivity index (χ0n) is 15.7. The highest BCUT2D eigenvalue weighted by atomic mass is 32.1. The first-order valence-electron chi connectivity index (χ1n) is 8.46. The number of alkyl halides is 6. The van der Waals surface area contributed by atoms with E-state index in [0.717, 1.165) is 18.8 Å². The summed E-state index contributed by atoms with van der Waals surface area (Å²) in [4.78, 5) is 22.3. The number of pyridine rings is 1. The minimum atomic E-state index is -4.71. The molecular weight excluding hydrogens is 464 g/mol. The zero-order valence-corrected chi connectivity index (χ0v) is 16.5. The summed E-state index contributed by atoms with van der Waals surface area (Å²) in [5.74, 6) is -0.919. The normalized spacial score (nSPS) is 12.2. The van der Waals surface area contributed by atoms with Crippen LogP contribution in [0.2, 0.25) is 0 Å². The standard InChI is InChI=1S/C17H9F6N7OS/c1-31-14-7(16(18,19)20)4-26-15(30-14)29-8-2-3-24-13-11(8)25-5-9(28-13)10-12(17(21,22)23)32-6-27-10/h2-6H,1H3,(H,24,26,28,29,30). The van der Waals surface area contributed by atoms with Crippen LogP contribution in [0.1, 0.15) is 10.4 Å². The predicted octanol–water partition coefficient (Wildman–Crippen LogP) is 4.73. The summed E-state index contributed by atoms with van der Waals surface area (Å²) >= 11 is 0.423. The van der Waals surface area contributed by atoms with Gasteiger partial charge in [-0.2, -0.15) is 31.3 Å². The van der Waals surface area contributed by atoms with Gasteiger partial charge in [0, 0.05) is 12.4 Å². The van der Waals surface area contributed by atoms with Gasteiger partial charge < -0.3 is 10.1 Å². The first-order chi connectivity index (χ1) is 15.1. The highest BCUT2D eigenvalue weighted by Crippen LogP contribution is 2.39. The zero-order chi connectivity index (χ0) is 23.1. The molecule has 0 spiro atoms. The second-order valence-electron chi connectivity index (χ2n) is 6.05. The van der Waals surface area contributed by atoms with Crippen LogP contribution < -0.4 is 10.1 Å². The molecule has 1 N–H and O–H groups in total. The average Bonchev–Trinajstić information content (AvgIpc) is 3.23. The van der Waals surface area contributed by atoms with Crippen LogP contribution in [0.3, 0.4) is 0 Å². The number of anilines is 2. The summed E-state index contributed by atoms with van der Waals surface area (Å²) in [6.07, 6.45) is -6.38. The van der Waals surface area contributed by atoms with E-state index in [-0.39, 0.29) is 34.2 Å². The monoisotopic (exact) mass is 473 g/mol. The summed E-state index contributed by atoms with van der Waals surface area (Å²) in [6.45, 7) is 0. The lowest BCUT2D eigenvalue weighted by atomic mass is 10.2. The molecule has 0 radical (unpaired) electrons. The Labute approximate surface area is 178 Å². The fourth-order valence-corrected chi connectivity index (χ4v) is 3.33. The Hall–Kier alpha value is -3.62. The molecule has 4 heterocycles. The number of thiazole rings is 1. The third-order valence-electron chi connectivity index (χ3n) is 4.01. The molecule has 0 aromatic carbocycles. The summed E-state index contributed by atoms with van der Waals surface area (Å²) in [7, 11) is 1.03. The third kappa shape index (κ3) is 4.10. The Morgan fingerprint density at radius 1 is 0.938 bits per heavy atom. The molecule has 0 aliphatic rings. The van der Waals surface area contributed by atoms with E-state index in [4.69, 9.17) is 0 Å². The molecule has 0 bridgehead atoms. The van der Waals surface area contributed by atoms with E-state index in [0.29, 0.717) is 17.5 Å². The van der Waals surface area contributed by atoms with Crippen molar-refractivity contribution in [3.63, 3.8) is 0 Å². The average molecular weight is 473 g/mol. The Bertz CT molecular complexity index is 1290. The van der Waals surface area contributed by atoms with E-state index >= 15 is 0 Å². The highest BCUT2D eigenvalue weighted by Gasteiger charge is 2.37. The Kier molecular flexibility index (Phi) is 5.28. The highest BCUT2D eigenvalue weighted by molar-refractivity contribution is 7.10. The molecule has 15 heteroatoms. The molecule has 0 saturated heterocycles. The van der Waals surface area contributed by atoms with Crippen molar-refractivity contribution < 1.29 is 31.1 Å². The Balaban J connectivity index is 1.71. The number of methoxy groups -OCH3 is 1. The second-order valence-corrected chi connectivity index (χ2v) is 6.91. The maximum atomic E-state index is 13.2. The summed E-state index contributed by atoms with van der Waals surface area (Å²) in [5, 5.41) is 2.68. The number of rotatable bonds is 4. The topological polar surface area (TPSA) is 98.6 Å². The fourth-order valence-electron chi connectivity index (χ4n) is 2.66. The van der Waals surface area contributed by atoms with Crippen LogP contribution in [0.4, 0.5) is 38.0 Å². The third-order valence-corrected chi connectivity index (χ3v) is 4.89. The van der Waals surface area contributed by atoms with Crippen LogP contribution in [-0.4, -0.2) is 37.0 Å². The molecule has 0 atom stereocenters. The maximum absolute atomic E-state index is 13.2. The van der Waals surface area contributed by atoms with Gasteiger partial charge in [0.1, 0.15) is 27.3 Å². The van der Waals surface area contributed by atoms with Crippen LogP contribution in [0.25, 0.3) is 22.6 Å². The van der Waals surface area contributed by atoms with Gasteiger partial charge in [-0.1, -0.05) is 0 Å². The molecule has 0 saturated carbocycles. The van der Waals surface area contributed by atoms with E-state index in [2.05, 4.69) is 40.0 Å². The minimum absolute atomic E-state index is 0.0208. The molecule has 4 aromatic rings. The lowest BCUT2D eigenvalue weighted by molar-refractivity contribution is -0.139. The van der Waals surface area contributed by atoms with Crippen molar-refractivity contribution in [3.05, 3.63) is 40.6 Å². The van der Waals surface area contributed by atoms with Crippen LogP contribution in [0.15, 0.2) is 30.2 Å². The number of hydrogen-bond donors (Lipinski definition) is 1. The van der Waals surface area contributed by atoms with Gasteiger partial charge in [-0.15, -0.1) is 11.3 Å². The van der Waals surface area contributed by atoms with Crippen molar-refractivity contribution in [2.45, 2.75) is 12.4 Å². The molecule has 0 amide bonds. The summed E-state index contributed by atoms with van der Waals surface area (Å²) in [5.41, 5.74) is -0.306. The first kappa shape index (κ1) is 21.6. The van der Waals surface area contributed by atoms with Gasteiger partial charge >= 0.3 is 12.4 Å². The van der Waals surface area contributed by atoms with E-state index in [9.17, 15) is 26.3 Å². The van der Waals surface area contributed by atoms with Crippen LogP contribution >= 0.6 is 11.3 Å². The molecule has 4 aromatic heterocycles. The van der Waals surface area contributed by atoms with Crippen LogP contribution in [-0.2, 0) is 12.4 Å². The van der Waals surface area contributed by atoms with Gasteiger partial charge in [0.05, 0.1) is 24.5 Å². The molecule has 166 valence electrons. The number of hydrogen-bond acceptors (Lipinski definition) is 9. The van der Waals surface area contributed by atoms with Crippen molar-refractivity contribution >= 4 is 34.1 Å². The lowest BCUT2D eigenvalue weighted by Gasteiger charge is -2.12. The summed E-state index contributed by atoms with van der Waals surface area (Å²) in [6, 6.07) is 1.42. The van der Waals surface area contributed by atoms with Crippen LogP contribution in [0.5, 0.6) is 5.88 Å². The molecule has 4 rings (SSSR count).